The van der Waals surface area contributed by atoms with Crippen molar-refractivity contribution in [2.75, 3.05) is 4.90 Å². The van der Waals surface area contributed by atoms with Crippen molar-refractivity contribution < 1.29 is 9.47 Å². The number of ether oxygens (including phenoxy) is 2. The maximum absolute atomic E-state index is 6.73. The highest BCUT2D eigenvalue weighted by molar-refractivity contribution is 7.17. The first-order valence-corrected chi connectivity index (χ1v) is 17.0. The van der Waals surface area contributed by atoms with Gasteiger partial charge >= 0.3 is 0 Å². The number of hydrogen-bond donors (Lipinski definition) is 0. The van der Waals surface area contributed by atoms with E-state index in [2.05, 4.69) is 152 Å². The standard InChI is InChI=1S/C42H32BNO2S/c1-42(2,3)29-17-19-30(20-18-29)44(35-26-40-28(21-22-47-40)23-32(35)27-11-5-4-6-12-27)31-24-38-41-39(25-31)46-37-16-10-8-14-34(37)43(41)33-13-7-9-15-36(33)45-38/h4-26H,1-3H3. The van der Waals surface area contributed by atoms with Crippen LogP contribution in [0.5, 0.6) is 23.0 Å². The minimum absolute atomic E-state index is 0.0332. The van der Waals surface area contributed by atoms with Gasteiger partial charge in [0.05, 0.1) is 11.4 Å². The summed E-state index contributed by atoms with van der Waals surface area (Å²) in [7, 11) is 0. The number of anilines is 3. The highest BCUT2D eigenvalue weighted by Gasteiger charge is 2.40. The van der Waals surface area contributed by atoms with Crippen molar-refractivity contribution in [1.82, 2.24) is 0 Å². The first kappa shape index (κ1) is 28.0. The molecule has 9 rings (SSSR count). The van der Waals surface area contributed by atoms with Crippen LogP contribution in [0.25, 0.3) is 21.2 Å². The first-order chi connectivity index (χ1) is 22.9. The predicted octanol–water partition coefficient (Wildman–Crippen LogP) is 10.1. The van der Waals surface area contributed by atoms with Gasteiger partial charge in [0.15, 0.2) is 0 Å². The predicted molar refractivity (Wildman–Crippen MR) is 198 cm³/mol. The van der Waals surface area contributed by atoms with Crippen LogP contribution >= 0.6 is 11.3 Å². The van der Waals surface area contributed by atoms with Crippen LogP contribution in [0.4, 0.5) is 17.1 Å². The summed E-state index contributed by atoms with van der Waals surface area (Å²) >= 11 is 1.77. The van der Waals surface area contributed by atoms with E-state index in [9.17, 15) is 0 Å². The van der Waals surface area contributed by atoms with Gasteiger partial charge in [-0.15, -0.1) is 11.3 Å². The van der Waals surface area contributed by atoms with Gasteiger partial charge in [-0.3, -0.25) is 0 Å². The fourth-order valence-electron chi connectivity index (χ4n) is 7.08. The lowest BCUT2D eigenvalue weighted by Gasteiger charge is -2.35. The molecule has 0 aliphatic carbocycles. The van der Waals surface area contributed by atoms with Crippen molar-refractivity contribution in [2.24, 2.45) is 0 Å². The van der Waals surface area contributed by atoms with Crippen molar-refractivity contribution in [1.29, 1.82) is 0 Å². The third-order valence-corrected chi connectivity index (χ3v) is 10.3. The Morgan fingerprint density at radius 3 is 1.85 bits per heavy atom. The zero-order valence-electron chi connectivity index (χ0n) is 26.5. The SMILES string of the molecule is CC(C)(C)c1ccc(N(c2cc3c4c(c2)Oc2ccccc2B4c2ccccc2O3)c2cc3sccc3cc2-c2ccccc2)cc1. The number of nitrogens with zero attached hydrogens (tertiary/aromatic N) is 1. The summed E-state index contributed by atoms with van der Waals surface area (Å²) in [5, 5.41) is 3.41. The maximum Gasteiger partial charge on any atom is 0.260 e. The number of thiophene rings is 1. The van der Waals surface area contributed by atoms with E-state index in [1.54, 1.807) is 11.3 Å². The van der Waals surface area contributed by atoms with Crippen LogP contribution in [0.3, 0.4) is 0 Å². The van der Waals surface area contributed by atoms with Crippen molar-refractivity contribution in [2.45, 2.75) is 26.2 Å². The average molecular weight is 626 g/mol. The molecule has 3 nitrogen and oxygen atoms in total. The molecule has 0 unspecified atom stereocenters. The topological polar surface area (TPSA) is 21.7 Å². The Balaban J connectivity index is 1.31. The Morgan fingerprint density at radius 1 is 0.596 bits per heavy atom. The highest BCUT2D eigenvalue weighted by atomic mass is 32.1. The number of benzene rings is 6. The molecule has 47 heavy (non-hydrogen) atoms. The van der Waals surface area contributed by atoms with E-state index >= 15 is 0 Å². The van der Waals surface area contributed by atoms with Crippen LogP contribution in [-0.4, -0.2) is 6.71 Å². The van der Waals surface area contributed by atoms with Gasteiger partial charge in [-0.05, 0) is 80.7 Å². The molecule has 3 heterocycles. The van der Waals surface area contributed by atoms with Crippen LogP contribution in [0, 0.1) is 0 Å². The second-order valence-corrected chi connectivity index (χ2v) is 14.3. The van der Waals surface area contributed by atoms with Gasteiger partial charge in [-0.2, -0.15) is 0 Å². The third-order valence-electron chi connectivity index (χ3n) is 9.42. The van der Waals surface area contributed by atoms with Gasteiger partial charge in [0.1, 0.15) is 23.0 Å². The molecular formula is C42H32BNO2S. The molecule has 2 aliphatic rings. The summed E-state index contributed by atoms with van der Waals surface area (Å²) in [5.41, 5.74) is 10.2. The molecule has 226 valence electrons. The molecule has 0 bridgehead atoms. The Morgan fingerprint density at radius 2 is 1.21 bits per heavy atom. The highest BCUT2D eigenvalue weighted by Crippen LogP contribution is 2.47. The van der Waals surface area contributed by atoms with E-state index in [1.807, 2.05) is 12.1 Å². The smallest absolute Gasteiger partial charge is 0.260 e. The van der Waals surface area contributed by atoms with Crippen molar-refractivity contribution in [3.8, 4) is 34.1 Å². The molecule has 0 saturated heterocycles. The fraction of sp³-hybridized carbons (Fsp3) is 0.0952. The minimum atomic E-state index is 0.0332. The zero-order chi connectivity index (χ0) is 31.7. The maximum atomic E-state index is 6.73. The Bertz CT molecular complexity index is 2230. The van der Waals surface area contributed by atoms with E-state index in [1.165, 1.54) is 21.2 Å². The molecule has 0 amide bonds. The summed E-state index contributed by atoms with van der Waals surface area (Å²) < 4.78 is 14.7. The number of rotatable bonds is 4. The molecule has 0 fully saturated rings. The van der Waals surface area contributed by atoms with E-state index in [-0.39, 0.29) is 12.1 Å². The number of para-hydroxylation sites is 2. The second kappa shape index (κ2) is 10.6. The lowest BCUT2D eigenvalue weighted by molar-refractivity contribution is 0.465. The van der Waals surface area contributed by atoms with Gasteiger partial charge in [-0.1, -0.05) is 99.6 Å². The second-order valence-electron chi connectivity index (χ2n) is 13.4. The van der Waals surface area contributed by atoms with Gasteiger partial charge < -0.3 is 14.4 Å². The fourth-order valence-corrected chi connectivity index (χ4v) is 7.88. The van der Waals surface area contributed by atoms with Crippen molar-refractivity contribution in [3.05, 3.63) is 144 Å². The molecule has 0 saturated carbocycles. The number of fused-ring (bicyclic) bond motifs is 5. The third kappa shape index (κ3) is 4.65. The van der Waals surface area contributed by atoms with Crippen LogP contribution in [0.2, 0.25) is 0 Å². The lowest BCUT2D eigenvalue weighted by Crippen LogP contribution is -2.57. The summed E-state index contributed by atoms with van der Waals surface area (Å²) in [6.45, 7) is 6.80. The molecule has 0 radical (unpaired) electrons. The van der Waals surface area contributed by atoms with E-state index in [0.29, 0.717) is 0 Å². The summed E-state index contributed by atoms with van der Waals surface area (Å²) in [6.07, 6.45) is 0. The molecule has 7 aromatic rings. The molecule has 1 aromatic heterocycles. The molecule has 6 aromatic carbocycles. The lowest BCUT2D eigenvalue weighted by atomic mass is 9.35. The van der Waals surface area contributed by atoms with E-state index in [4.69, 9.17) is 9.47 Å². The quantitative estimate of drug-likeness (QED) is 0.182. The Hall–Kier alpha value is -5.26. The summed E-state index contributed by atoms with van der Waals surface area (Å²) in [4.78, 5) is 2.37. The molecule has 2 aliphatic heterocycles. The molecule has 5 heteroatoms. The Kier molecular flexibility index (Phi) is 6.35. The van der Waals surface area contributed by atoms with Crippen LogP contribution < -0.4 is 30.8 Å². The molecular weight excluding hydrogens is 593 g/mol. The van der Waals surface area contributed by atoms with Crippen LogP contribution in [0.15, 0.2) is 139 Å². The van der Waals surface area contributed by atoms with Crippen molar-refractivity contribution >= 4 is 61.6 Å². The monoisotopic (exact) mass is 625 g/mol. The molecule has 0 spiro atoms. The first-order valence-electron chi connectivity index (χ1n) is 16.1. The van der Waals surface area contributed by atoms with Crippen LogP contribution in [-0.2, 0) is 5.41 Å². The zero-order valence-corrected chi connectivity index (χ0v) is 27.3. The molecule has 0 N–H and O–H groups in total. The van der Waals surface area contributed by atoms with Gasteiger partial charge in [-0.25, -0.2) is 0 Å². The largest absolute Gasteiger partial charge is 0.458 e. The van der Waals surface area contributed by atoms with E-state index in [0.717, 1.165) is 62.0 Å². The minimum Gasteiger partial charge on any atom is -0.458 e. The summed E-state index contributed by atoms with van der Waals surface area (Å²) in [6, 6.07) is 47.7. The van der Waals surface area contributed by atoms with Gasteiger partial charge in [0.2, 0.25) is 0 Å². The molecule has 0 atom stereocenters. The Labute approximate surface area is 279 Å². The van der Waals surface area contributed by atoms with E-state index < -0.39 is 0 Å². The number of hydrogen-bond acceptors (Lipinski definition) is 4. The van der Waals surface area contributed by atoms with Gasteiger partial charge in [0, 0.05) is 33.5 Å². The normalized spacial score (nSPS) is 12.9. The van der Waals surface area contributed by atoms with Gasteiger partial charge in [0.25, 0.3) is 6.71 Å². The summed E-state index contributed by atoms with van der Waals surface area (Å²) in [5.74, 6) is 3.42. The average Bonchev–Trinajstić information content (AvgIpc) is 3.56. The van der Waals surface area contributed by atoms with Crippen molar-refractivity contribution in [3.63, 3.8) is 0 Å². The van der Waals surface area contributed by atoms with Crippen LogP contribution in [0.1, 0.15) is 26.3 Å².